The van der Waals surface area contributed by atoms with Crippen LogP contribution in [-0.4, -0.2) is 59.6 Å². The monoisotopic (exact) mass is 235 g/mol. The Morgan fingerprint density at radius 2 is 1.88 bits per heavy atom. The average Bonchev–Trinajstić information content (AvgIpc) is 2.33. The summed E-state index contributed by atoms with van der Waals surface area (Å²) in [6, 6.07) is 4.84. The van der Waals surface area contributed by atoms with Crippen LogP contribution in [0.5, 0.6) is 11.5 Å². The fourth-order valence-corrected chi connectivity index (χ4v) is 1.71. The van der Waals surface area contributed by atoms with E-state index in [1.54, 1.807) is 18.3 Å². The predicted molar refractivity (Wildman–Crippen MR) is 66.4 cm³/mol. The maximum atomic E-state index is 9.60. The number of rotatable bonds is 2. The molecule has 1 aromatic carbocycles. The van der Waals surface area contributed by atoms with E-state index in [0.717, 1.165) is 26.2 Å². The predicted octanol–water partition coefficient (Wildman–Crippen LogP) is 0.679. The van der Waals surface area contributed by atoms with E-state index in [9.17, 15) is 10.2 Å². The topological polar surface area (TPSA) is 59.3 Å². The van der Waals surface area contributed by atoms with Crippen LogP contribution in [-0.2, 0) is 0 Å². The molecule has 1 heterocycles. The van der Waals surface area contributed by atoms with E-state index in [-0.39, 0.29) is 11.5 Å². The summed E-state index contributed by atoms with van der Waals surface area (Å²) in [7, 11) is 2.09. The smallest absolute Gasteiger partial charge is 0.166 e. The highest BCUT2D eigenvalue weighted by Gasteiger charge is 2.11. The number of nitrogens with zero attached hydrogens (tertiary/aromatic N) is 3. The van der Waals surface area contributed by atoms with Crippen LogP contribution in [0.1, 0.15) is 5.56 Å². The zero-order valence-electron chi connectivity index (χ0n) is 9.87. The van der Waals surface area contributed by atoms with E-state index in [0.29, 0.717) is 5.56 Å². The van der Waals surface area contributed by atoms with Crippen molar-refractivity contribution < 1.29 is 10.2 Å². The number of hydrazone groups is 1. The SMILES string of the molecule is CN1CCN(/N=C/c2cccc(O)c2O)CC1. The molecule has 0 aromatic heterocycles. The molecule has 2 N–H and O–H groups in total. The Labute approximate surface area is 101 Å². The lowest BCUT2D eigenvalue weighted by Crippen LogP contribution is -2.41. The summed E-state index contributed by atoms with van der Waals surface area (Å²) in [6.45, 7) is 3.74. The van der Waals surface area contributed by atoms with Gasteiger partial charge in [-0.05, 0) is 19.2 Å². The van der Waals surface area contributed by atoms with Crippen LogP contribution in [0.2, 0.25) is 0 Å². The molecule has 1 fully saturated rings. The normalized spacial score (nSPS) is 17.8. The van der Waals surface area contributed by atoms with Crippen molar-refractivity contribution in [1.29, 1.82) is 0 Å². The highest BCUT2D eigenvalue weighted by molar-refractivity contribution is 5.84. The lowest BCUT2D eigenvalue weighted by molar-refractivity contribution is 0.159. The molecule has 0 bridgehead atoms. The van der Waals surface area contributed by atoms with Gasteiger partial charge in [-0.3, -0.25) is 5.01 Å². The molecule has 92 valence electrons. The Kier molecular flexibility index (Phi) is 3.49. The maximum absolute atomic E-state index is 9.60. The van der Waals surface area contributed by atoms with Gasteiger partial charge in [-0.2, -0.15) is 5.10 Å². The van der Waals surface area contributed by atoms with Crippen molar-refractivity contribution in [2.45, 2.75) is 0 Å². The Bertz CT molecular complexity index is 412. The molecule has 0 radical (unpaired) electrons. The van der Waals surface area contributed by atoms with Gasteiger partial charge < -0.3 is 15.1 Å². The first-order valence-electron chi connectivity index (χ1n) is 5.65. The average molecular weight is 235 g/mol. The number of aromatic hydroxyl groups is 2. The zero-order valence-corrected chi connectivity index (χ0v) is 9.87. The first kappa shape index (κ1) is 11.7. The summed E-state index contributed by atoms with van der Waals surface area (Å²) >= 11 is 0. The van der Waals surface area contributed by atoms with Gasteiger partial charge in [0.15, 0.2) is 11.5 Å². The number of phenolic OH excluding ortho intramolecular Hbond substituents is 2. The van der Waals surface area contributed by atoms with Gasteiger partial charge in [0.25, 0.3) is 0 Å². The van der Waals surface area contributed by atoms with Crippen LogP contribution in [0.25, 0.3) is 0 Å². The molecule has 1 aliphatic heterocycles. The standard InChI is InChI=1S/C12H17N3O2/c1-14-5-7-15(8-6-14)13-9-10-3-2-4-11(16)12(10)17/h2-4,9,16-17H,5-8H2,1H3/b13-9+. The molecule has 0 spiro atoms. The first-order valence-corrected chi connectivity index (χ1v) is 5.65. The van der Waals surface area contributed by atoms with Gasteiger partial charge in [-0.1, -0.05) is 6.07 Å². The number of hydrogen-bond acceptors (Lipinski definition) is 5. The Morgan fingerprint density at radius 1 is 1.18 bits per heavy atom. The number of phenols is 2. The van der Waals surface area contributed by atoms with E-state index < -0.39 is 0 Å². The molecule has 0 saturated carbocycles. The van der Waals surface area contributed by atoms with Gasteiger partial charge in [0.1, 0.15) is 0 Å². The van der Waals surface area contributed by atoms with E-state index in [2.05, 4.69) is 17.0 Å². The van der Waals surface area contributed by atoms with Gasteiger partial charge in [0.05, 0.1) is 6.21 Å². The highest BCUT2D eigenvalue weighted by atomic mass is 16.3. The number of likely N-dealkylation sites (N-methyl/N-ethyl adjacent to an activating group) is 1. The fraction of sp³-hybridized carbons (Fsp3) is 0.417. The number of hydrogen-bond donors (Lipinski definition) is 2. The van der Waals surface area contributed by atoms with Crippen LogP contribution in [0.3, 0.4) is 0 Å². The molecular formula is C12H17N3O2. The summed E-state index contributed by atoms with van der Waals surface area (Å²) in [5.41, 5.74) is 0.531. The van der Waals surface area contributed by atoms with E-state index in [1.165, 1.54) is 6.07 Å². The summed E-state index contributed by atoms with van der Waals surface area (Å²) in [4.78, 5) is 2.25. The van der Waals surface area contributed by atoms with Crippen LogP contribution in [0.15, 0.2) is 23.3 Å². The summed E-state index contributed by atoms with van der Waals surface area (Å²) in [5.74, 6) is -0.238. The molecular weight excluding hydrogens is 218 g/mol. The van der Waals surface area contributed by atoms with Gasteiger partial charge in [0.2, 0.25) is 0 Å². The van der Waals surface area contributed by atoms with E-state index in [4.69, 9.17) is 0 Å². The minimum atomic E-state index is -0.120. The molecule has 0 aliphatic carbocycles. The second kappa shape index (κ2) is 5.05. The molecule has 1 aliphatic rings. The van der Waals surface area contributed by atoms with Crippen molar-refractivity contribution in [2.75, 3.05) is 33.2 Å². The van der Waals surface area contributed by atoms with Crippen molar-refractivity contribution >= 4 is 6.21 Å². The molecule has 5 heteroatoms. The summed E-state index contributed by atoms with van der Waals surface area (Å²) in [5, 5.41) is 25.2. The summed E-state index contributed by atoms with van der Waals surface area (Å²) in [6.07, 6.45) is 1.58. The molecule has 5 nitrogen and oxygen atoms in total. The molecule has 0 unspecified atom stereocenters. The number of benzene rings is 1. The van der Waals surface area contributed by atoms with Crippen LogP contribution < -0.4 is 0 Å². The Hall–Kier alpha value is -1.75. The minimum Gasteiger partial charge on any atom is -0.504 e. The second-order valence-electron chi connectivity index (χ2n) is 4.22. The van der Waals surface area contributed by atoms with E-state index in [1.807, 2.05) is 5.01 Å². The molecule has 2 rings (SSSR count). The summed E-state index contributed by atoms with van der Waals surface area (Å²) < 4.78 is 0. The molecule has 0 amide bonds. The third-order valence-corrected chi connectivity index (χ3v) is 2.89. The third kappa shape index (κ3) is 2.88. The Morgan fingerprint density at radius 3 is 2.59 bits per heavy atom. The second-order valence-corrected chi connectivity index (χ2v) is 4.22. The molecule has 17 heavy (non-hydrogen) atoms. The van der Waals surface area contributed by atoms with Gasteiger partial charge in [0, 0.05) is 31.7 Å². The number of piperazine rings is 1. The largest absolute Gasteiger partial charge is 0.504 e. The van der Waals surface area contributed by atoms with Crippen LogP contribution >= 0.6 is 0 Å². The van der Waals surface area contributed by atoms with Gasteiger partial charge >= 0.3 is 0 Å². The van der Waals surface area contributed by atoms with Crippen LogP contribution in [0, 0.1) is 0 Å². The first-order chi connectivity index (χ1) is 8.16. The Balaban J connectivity index is 2.03. The van der Waals surface area contributed by atoms with Crippen molar-refractivity contribution in [3.05, 3.63) is 23.8 Å². The maximum Gasteiger partial charge on any atom is 0.166 e. The lowest BCUT2D eigenvalue weighted by atomic mass is 10.2. The van der Waals surface area contributed by atoms with Gasteiger partial charge in [-0.15, -0.1) is 0 Å². The fourth-order valence-electron chi connectivity index (χ4n) is 1.71. The highest BCUT2D eigenvalue weighted by Crippen LogP contribution is 2.26. The van der Waals surface area contributed by atoms with Crippen LogP contribution in [0.4, 0.5) is 0 Å². The molecule has 0 atom stereocenters. The number of para-hydroxylation sites is 1. The molecule has 1 aromatic rings. The quantitative estimate of drug-likeness (QED) is 0.584. The minimum absolute atomic E-state index is 0.118. The third-order valence-electron chi connectivity index (χ3n) is 2.89. The van der Waals surface area contributed by atoms with Crippen molar-refractivity contribution in [3.63, 3.8) is 0 Å². The van der Waals surface area contributed by atoms with Crippen molar-refractivity contribution in [2.24, 2.45) is 5.10 Å². The molecule has 1 saturated heterocycles. The lowest BCUT2D eigenvalue weighted by Gasteiger charge is -2.30. The van der Waals surface area contributed by atoms with Crippen molar-refractivity contribution in [3.8, 4) is 11.5 Å². The van der Waals surface area contributed by atoms with Gasteiger partial charge in [-0.25, -0.2) is 0 Å². The van der Waals surface area contributed by atoms with Crippen molar-refractivity contribution in [1.82, 2.24) is 9.91 Å². The zero-order chi connectivity index (χ0) is 12.3. The van der Waals surface area contributed by atoms with E-state index >= 15 is 0 Å².